The summed E-state index contributed by atoms with van der Waals surface area (Å²) in [5.74, 6) is 1.31. The van der Waals surface area contributed by atoms with Gasteiger partial charge >= 0.3 is 0 Å². The molecule has 1 amide bonds. The fourth-order valence-corrected chi connectivity index (χ4v) is 2.86. The molecule has 1 atom stereocenters. The summed E-state index contributed by atoms with van der Waals surface area (Å²) >= 11 is 0. The Morgan fingerprint density at radius 1 is 1.04 bits per heavy atom. The molecule has 2 heterocycles. The number of aromatic nitrogens is 2. The van der Waals surface area contributed by atoms with Crippen LogP contribution in [0.5, 0.6) is 5.75 Å². The molecule has 0 spiro atoms. The summed E-state index contributed by atoms with van der Waals surface area (Å²) in [6.07, 6.45) is 3.87. The second-order valence-corrected chi connectivity index (χ2v) is 5.92. The van der Waals surface area contributed by atoms with Crippen LogP contribution in [0.3, 0.4) is 0 Å². The number of nitrogens with zero attached hydrogens (tertiary/aromatic N) is 2. The summed E-state index contributed by atoms with van der Waals surface area (Å²) in [6.45, 7) is 0.452. The van der Waals surface area contributed by atoms with Crippen molar-refractivity contribution in [3.63, 3.8) is 0 Å². The zero-order valence-corrected chi connectivity index (χ0v) is 13.6. The smallest absolute Gasteiger partial charge is 0.254 e. The van der Waals surface area contributed by atoms with Crippen LogP contribution in [0.4, 0.5) is 0 Å². The highest BCUT2D eigenvalue weighted by Gasteiger charge is 2.22. The van der Waals surface area contributed by atoms with Gasteiger partial charge in [-0.05, 0) is 11.6 Å². The number of ether oxygens (including phenoxy) is 1. The molecule has 1 aromatic heterocycles. The van der Waals surface area contributed by atoms with Gasteiger partial charge in [0, 0.05) is 24.4 Å². The lowest BCUT2D eigenvalue weighted by Gasteiger charge is -2.11. The van der Waals surface area contributed by atoms with Gasteiger partial charge in [-0.25, -0.2) is 9.97 Å². The molecule has 2 aromatic carbocycles. The molecule has 0 saturated heterocycles. The van der Waals surface area contributed by atoms with Crippen molar-refractivity contribution in [3.05, 3.63) is 78.1 Å². The molecule has 4 rings (SSSR count). The first kappa shape index (κ1) is 15.3. The summed E-state index contributed by atoms with van der Waals surface area (Å²) in [6, 6.07) is 17.6. The third-order valence-corrected chi connectivity index (χ3v) is 4.15. The van der Waals surface area contributed by atoms with Gasteiger partial charge in [-0.2, -0.15) is 0 Å². The molecule has 1 unspecified atom stereocenters. The molecule has 0 saturated carbocycles. The van der Waals surface area contributed by atoms with E-state index in [1.54, 1.807) is 12.4 Å². The minimum absolute atomic E-state index is 0.0362. The molecule has 0 fully saturated rings. The molecule has 5 nitrogen and oxygen atoms in total. The van der Waals surface area contributed by atoms with Crippen molar-refractivity contribution in [2.45, 2.75) is 12.5 Å². The molecule has 25 heavy (non-hydrogen) atoms. The van der Waals surface area contributed by atoms with Crippen LogP contribution in [0.1, 0.15) is 15.9 Å². The number of nitrogens with one attached hydrogen (secondary N) is 1. The van der Waals surface area contributed by atoms with Crippen LogP contribution >= 0.6 is 0 Å². The Morgan fingerprint density at radius 2 is 1.76 bits per heavy atom. The zero-order chi connectivity index (χ0) is 17.1. The molecule has 1 aliphatic rings. The molecule has 5 heteroatoms. The molecular weight excluding hydrogens is 314 g/mol. The number of amides is 1. The fourth-order valence-electron chi connectivity index (χ4n) is 2.86. The van der Waals surface area contributed by atoms with Crippen LogP contribution in [0, 0.1) is 0 Å². The van der Waals surface area contributed by atoms with Crippen LogP contribution in [-0.2, 0) is 6.42 Å². The summed E-state index contributed by atoms with van der Waals surface area (Å²) < 4.78 is 5.82. The number of fused-ring (bicyclic) bond motifs is 1. The van der Waals surface area contributed by atoms with Crippen LogP contribution < -0.4 is 10.1 Å². The molecule has 124 valence electrons. The maximum absolute atomic E-state index is 12.3. The Balaban J connectivity index is 1.36. The van der Waals surface area contributed by atoms with E-state index in [1.807, 2.05) is 54.6 Å². The first-order valence-corrected chi connectivity index (χ1v) is 8.20. The highest BCUT2D eigenvalue weighted by atomic mass is 16.5. The number of hydrogen-bond acceptors (Lipinski definition) is 4. The van der Waals surface area contributed by atoms with Gasteiger partial charge in [0.2, 0.25) is 0 Å². The fraction of sp³-hybridized carbons (Fsp3) is 0.150. The summed E-state index contributed by atoms with van der Waals surface area (Å²) in [4.78, 5) is 20.8. The SMILES string of the molecule is O=C(NCC1Cc2ccccc2O1)c1cnc(-c2ccccc2)nc1. The predicted molar refractivity (Wildman–Crippen MR) is 94.4 cm³/mol. The van der Waals surface area contributed by atoms with Gasteiger partial charge in [-0.15, -0.1) is 0 Å². The Bertz CT molecular complexity index is 854. The monoisotopic (exact) mass is 331 g/mol. The standard InChI is InChI=1S/C20H17N3O2/c24-20(23-13-17-10-15-8-4-5-9-18(15)25-17)16-11-21-19(22-12-16)14-6-2-1-3-7-14/h1-9,11-12,17H,10,13H2,(H,23,24). The Morgan fingerprint density at radius 3 is 2.52 bits per heavy atom. The van der Waals surface area contributed by atoms with Crippen molar-refractivity contribution < 1.29 is 9.53 Å². The summed E-state index contributed by atoms with van der Waals surface area (Å²) in [5.41, 5.74) is 2.54. The van der Waals surface area contributed by atoms with E-state index in [-0.39, 0.29) is 12.0 Å². The van der Waals surface area contributed by atoms with Crippen LogP contribution in [0.25, 0.3) is 11.4 Å². The number of rotatable bonds is 4. The third-order valence-electron chi connectivity index (χ3n) is 4.15. The summed E-state index contributed by atoms with van der Waals surface area (Å²) in [5, 5.41) is 2.89. The second kappa shape index (κ2) is 6.73. The van der Waals surface area contributed by atoms with Gasteiger partial charge < -0.3 is 10.1 Å². The quantitative estimate of drug-likeness (QED) is 0.798. The molecule has 0 aliphatic carbocycles. The second-order valence-electron chi connectivity index (χ2n) is 5.92. The van der Waals surface area contributed by atoms with E-state index in [0.717, 1.165) is 17.7 Å². The van der Waals surface area contributed by atoms with Crippen LogP contribution in [-0.4, -0.2) is 28.5 Å². The van der Waals surface area contributed by atoms with Gasteiger partial charge in [0.15, 0.2) is 5.82 Å². The van der Waals surface area contributed by atoms with Gasteiger partial charge in [0.05, 0.1) is 12.1 Å². The van der Waals surface area contributed by atoms with Gasteiger partial charge in [0.1, 0.15) is 11.9 Å². The van der Waals surface area contributed by atoms with Crippen molar-refractivity contribution in [2.24, 2.45) is 0 Å². The highest BCUT2D eigenvalue weighted by Crippen LogP contribution is 2.27. The van der Waals surface area contributed by atoms with Gasteiger partial charge in [-0.1, -0.05) is 48.5 Å². The topological polar surface area (TPSA) is 64.1 Å². The zero-order valence-electron chi connectivity index (χ0n) is 13.6. The van der Waals surface area contributed by atoms with Crippen molar-refractivity contribution >= 4 is 5.91 Å². The Kier molecular flexibility index (Phi) is 4.12. The third kappa shape index (κ3) is 3.35. The van der Waals surface area contributed by atoms with Crippen LogP contribution in [0.15, 0.2) is 67.0 Å². The summed E-state index contributed by atoms with van der Waals surface area (Å²) in [7, 11) is 0. The molecule has 1 aliphatic heterocycles. The van der Waals surface area contributed by atoms with Crippen molar-refractivity contribution in [2.75, 3.05) is 6.54 Å². The minimum atomic E-state index is -0.195. The minimum Gasteiger partial charge on any atom is -0.488 e. The number of hydrogen-bond donors (Lipinski definition) is 1. The van der Waals surface area contributed by atoms with Crippen molar-refractivity contribution in [1.82, 2.24) is 15.3 Å². The average molecular weight is 331 g/mol. The number of carbonyl (C=O) groups is 1. The van der Waals surface area contributed by atoms with E-state index in [9.17, 15) is 4.79 Å². The Hall–Kier alpha value is -3.21. The first-order valence-electron chi connectivity index (χ1n) is 8.20. The van der Waals surface area contributed by atoms with E-state index < -0.39 is 0 Å². The lowest BCUT2D eigenvalue weighted by molar-refractivity contribution is 0.0933. The van der Waals surface area contributed by atoms with Gasteiger partial charge in [0.25, 0.3) is 5.91 Å². The molecule has 0 radical (unpaired) electrons. The Labute approximate surface area is 145 Å². The maximum atomic E-state index is 12.3. The molecule has 3 aromatic rings. The van der Waals surface area contributed by atoms with Gasteiger partial charge in [-0.3, -0.25) is 4.79 Å². The van der Waals surface area contributed by atoms with Crippen molar-refractivity contribution in [1.29, 1.82) is 0 Å². The van der Waals surface area contributed by atoms with Crippen LogP contribution in [0.2, 0.25) is 0 Å². The number of benzene rings is 2. The van der Waals surface area contributed by atoms with Crippen molar-refractivity contribution in [3.8, 4) is 17.1 Å². The van der Waals surface area contributed by atoms with E-state index in [0.29, 0.717) is 17.9 Å². The number of carbonyl (C=O) groups excluding carboxylic acids is 1. The maximum Gasteiger partial charge on any atom is 0.254 e. The van der Waals surface area contributed by atoms with E-state index in [4.69, 9.17) is 4.74 Å². The lowest BCUT2D eigenvalue weighted by atomic mass is 10.1. The normalized spacial score (nSPS) is 15.3. The lowest BCUT2D eigenvalue weighted by Crippen LogP contribution is -2.34. The predicted octanol–water partition coefficient (Wildman–Crippen LogP) is 2.88. The van der Waals surface area contributed by atoms with E-state index >= 15 is 0 Å². The number of para-hydroxylation sites is 1. The average Bonchev–Trinajstić information content (AvgIpc) is 3.10. The molecule has 1 N–H and O–H groups in total. The largest absolute Gasteiger partial charge is 0.488 e. The molecule has 0 bridgehead atoms. The first-order chi connectivity index (χ1) is 12.3. The van der Waals surface area contributed by atoms with E-state index in [1.165, 1.54) is 5.56 Å². The molecular formula is C20H17N3O2. The highest BCUT2D eigenvalue weighted by molar-refractivity contribution is 5.93. The van der Waals surface area contributed by atoms with E-state index in [2.05, 4.69) is 15.3 Å².